The van der Waals surface area contributed by atoms with Crippen LogP contribution in [0.4, 0.5) is 4.79 Å². The highest BCUT2D eigenvalue weighted by Crippen LogP contribution is 2.36. The van der Waals surface area contributed by atoms with E-state index in [0.29, 0.717) is 24.0 Å². The van der Waals surface area contributed by atoms with Crippen LogP contribution in [0.15, 0.2) is 0 Å². The molecule has 0 radical (unpaired) electrons. The molecule has 0 heterocycles. The lowest BCUT2D eigenvalue weighted by molar-refractivity contribution is -0.151. The van der Waals surface area contributed by atoms with Crippen molar-refractivity contribution in [1.29, 1.82) is 0 Å². The fourth-order valence-corrected chi connectivity index (χ4v) is 5.59. The monoisotopic (exact) mass is 517 g/mol. The van der Waals surface area contributed by atoms with Gasteiger partial charge in [-0.25, -0.2) is 4.79 Å². The summed E-state index contributed by atoms with van der Waals surface area (Å²) < 4.78 is 10.6. The second kappa shape index (κ2) is 16.9. The standard InChI is InChI=1S/C28H55NO5S/c1-20(2)15-21(3)11-12-23(29)16-22(4)25(31)33-18-24(17-30)34-26(32)35-14-10-13-28(8,9)19-27(5,6)7/h20-24,30H,10-19,29H2,1-9H3. The van der Waals surface area contributed by atoms with E-state index in [2.05, 4.69) is 55.4 Å². The highest BCUT2D eigenvalue weighted by Gasteiger charge is 2.25. The van der Waals surface area contributed by atoms with Crippen molar-refractivity contribution in [2.75, 3.05) is 19.0 Å². The molecule has 0 amide bonds. The number of ether oxygens (including phenoxy) is 2. The van der Waals surface area contributed by atoms with Crippen LogP contribution >= 0.6 is 11.8 Å². The molecule has 0 aromatic carbocycles. The first kappa shape index (κ1) is 34.2. The van der Waals surface area contributed by atoms with Crippen molar-refractivity contribution in [3.8, 4) is 0 Å². The number of aliphatic hydroxyl groups excluding tert-OH is 1. The van der Waals surface area contributed by atoms with Crippen LogP contribution in [-0.4, -0.2) is 47.5 Å². The van der Waals surface area contributed by atoms with E-state index in [-0.39, 0.29) is 42.0 Å². The van der Waals surface area contributed by atoms with Gasteiger partial charge in [0.15, 0.2) is 6.10 Å². The Morgan fingerprint density at radius 1 is 1.00 bits per heavy atom. The molecule has 7 heteroatoms. The van der Waals surface area contributed by atoms with Crippen molar-refractivity contribution in [2.45, 2.75) is 119 Å². The van der Waals surface area contributed by atoms with Gasteiger partial charge in [0.25, 0.3) is 0 Å². The van der Waals surface area contributed by atoms with Crippen LogP contribution in [0, 0.1) is 28.6 Å². The van der Waals surface area contributed by atoms with Gasteiger partial charge < -0.3 is 20.3 Å². The SMILES string of the molecule is CC(C)CC(C)CCC(N)CC(C)C(=O)OCC(CO)OC(=O)SCCCC(C)(C)CC(C)(C)C. The van der Waals surface area contributed by atoms with Crippen LogP contribution in [0.3, 0.4) is 0 Å². The Morgan fingerprint density at radius 3 is 2.17 bits per heavy atom. The van der Waals surface area contributed by atoms with Crippen LogP contribution in [0.5, 0.6) is 0 Å². The molecule has 0 aromatic heterocycles. The molecule has 0 saturated carbocycles. The van der Waals surface area contributed by atoms with Gasteiger partial charge in [-0.2, -0.15) is 0 Å². The van der Waals surface area contributed by atoms with Crippen LogP contribution in [0.2, 0.25) is 0 Å². The molecule has 0 bridgehead atoms. The Labute approximate surface area is 219 Å². The fourth-order valence-electron chi connectivity index (χ4n) is 4.93. The van der Waals surface area contributed by atoms with E-state index in [9.17, 15) is 14.7 Å². The molecule has 35 heavy (non-hydrogen) atoms. The molecule has 0 aliphatic heterocycles. The Balaban J connectivity index is 4.25. The molecule has 6 nitrogen and oxygen atoms in total. The van der Waals surface area contributed by atoms with E-state index in [4.69, 9.17) is 15.2 Å². The lowest BCUT2D eigenvalue weighted by Gasteiger charge is -2.32. The summed E-state index contributed by atoms with van der Waals surface area (Å²) in [5.74, 6) is 1.24. The van der Waals surface area contributed by atoms with E-state index >= 15 is 0 Å². The molecule has 0 spiro atoms. The Kier molecular flexibility index (Phi) is 16.5. The Morgan fingerprint density at radius 2 is 1.63 bits per heavy atom. The molecular formula is C28H55NO5S. The molecule has 0 aliphatic rings. The molecule has 0 saturated heterocycles. The zero-order valence-corrected chi connectivity index (χ0v) is 24.8. The van der Waals surface area contributed by atoms with Gasteiger partial charge in [0.1, 0.15) is 6.61 Å². The topological polar surface area (TPSA) is 98.9 Å². The molecular weight excluding hydrogens is 462 g/mol. The van der Waals surface area contributed by atoms with Crippen LogP contribution in [0.25, 0.3) is 0 Å². The lowest BCUT2D eigenvalue weighted by Crippen LogP contribution is -2.31. The summed E-state index contributed by atoms with van der Waals surface area (Å²) in [6.07, 6.45) is 5.87. The van der Waals surface area contributed by atoms with Crippen molar-refractivity contribution in [3.63, 3.8) is 0 Å². The lowest BCUT2D eigenvalue weighted by atomic mass is 9.74. The summed E-state index contributed by atoms with van der Waals surface area (Å²) >= 11 is 1.11. The highest BCUT2D eigenvalue weighted by molar-refractivity contribution is 8.13. The maximum absolute atomic E-state index is 12.4. The highest BCUT2D eigenvalue weighted by atomic mass is 32.2. The third-order valence-electron chi connectivity index (χ3n) is 6.07. The number of thioether (sulfide) groups is 1. The van der Waals surface area contributed by atoms with Crippen molar-refractivity contribution < 1.29 is 24.2 Å². The summed E-state index contributed by atoms with van der Waals surface area (Å²) in [6.45, 7) is 19.2. The van der Waals surface area contributed by atoms with Crippen LogP contribution < -0.4 is 5.73 Å². The van der Waals surface area contributed by atoms with Gasteiger partial charge in [0, 0.05) is 11.8 Å². The first-order valence-corrected chi connectivity index (χ1v) is 14.4. The zero-order chi connectivity index (χ0) is 27.2. The van der Waals surface area contributed by atoms with Gasteiger partial charge in [0.05, 0.1) is 12.5 Å². The van der Waals surface area contributed by atoms with Gasteiger partial charge >= 0.3 is 11.3 Å². The van der Waals surface area contributed by atoms with E-state index in [1.165, 1.54) is 6.42 Å². The molecule has 0 aromatic rings. The normalized spacial score (nSPS) is 16.0. The maximum Gasteiger partial charge on any atom is 0.367 e. The van der Waals surface area contributed by atoms with Gasteiger partial charge in [-0.3, -0.25) is 4.79 Å². The van der Waals surface area contributed by atoms with E-state index < -0.39 is 11.4 Å². The third kappa shape index (κ3) is 19.0. The minimum absolute atomic E-state index is 0.0524. The van der Waals surface area contributed by atoms with E-state index in [1.54, 1.807) is 6.92 Å². The predicted octanol–water partition coefficient (Wildman–Crippen LogP) is 6.82. The second-order valence-corrected chi connectivity index (χ2v) is 13.9. The number of carbonyl (C=O) groups is 2. The van der Waals surface area contributed by atoms with Crippen molar-refractivity contribution in [3.05, 3.63) is 0 Å². The maximum atomic E-state index is 12.4. The van der Waals surface area contributed by atoms with Crippen LogP contribution in [-0.2, 0) is 14.3 Å². The number of rotatable bonds is 17. The van der Waals surface area contributed by atoms with Gasteiger partial charge in [-0.15, -0.1) is 0 Å². The average Bonchev–Trinajstić information content (AvgIpc) is 2.70. The first-order valence-electron chi connectivity index (χ1n) is 13.4. The number of esters is 1. The fraction of sp³-hybridized carbons (Fsp3) is 0.929. The summed E-state index contributed by atoms with van der Waals surface area (Å²) in [5, 5.41) is 9.10. The van der Waals surface area contributed by atoms with Crippen molar-refractivity contribution >= 4 is 23.0 Å². The van der Waals surface area contributed by atoms with Gasteiger partial charge in [0.2, 0.25) is 0 Å². The smallest absolute Gasteiger partial charge is 0.367 e. The minimum Gasteiger partial charge on any atom is -0.461 e. The largest absolute Gasteiger partial charge is 0.461 e. The summed E-state index contributed by atoms with van der Waals surface area (Å²) in [4.78, 5) is 24.5. The zero-order valence-electron chi connectivity index (χ0n) is 24.0. The number of nitrogens with two attached hydrogens (primary N) is 1. The Bertz CT molecular complexity index is 603. The molecule has 0 rings (SSSR count). The molecule has 4 unspecified atom stereocenters. The summed E-state index contributed by atoms with van der Waals surface area (Å²) in [5.41, 5.74) is 6.73. The molecule has 208 valence electrons. The summed E-state index contributed by atoms with van der Waals surface area (Å²) in [6, 6.07) is -0.0524. The van der Waals surface area contributed by atoms with Gasteiger partial charge in [-0.1, -0.05) is 62.3 Å². The summed E-state index contributed by atoms with van der Waals surface area (Å²) in [7, 11) is 0. The third-order valence-corrected chi connectivity index (χ3v) is 6.89. The number of hydrogen-bond donors (Lipinski definition) is 2. The number of hydrogen-bond acceptors (Lipinski definition) is 7. The van der Waals surface area contributed by atoms with E-state index in [0.717, 1.165) is 43.9 Å². The number of aliphatic hydroxyl groups is 1. The molecule has 3 N–H and O–H groups in total. The van der Waals surface area contributed by atoms with Crippen molar-refractivity contribution in [2.24, 2.45) is 34.3 Å². The predicted molar refractivity (Wildman–Crippen MR) is 147 cm³/mol. The van der Waals surface area contributed by atoms with E-state index in [1.807, 2.05) is 0 Å². The van der Waals surface area contributed by atoms with Gasteiger partial charge in [-0.05, 0) is 79.4 Å². The van der Waals surface area contributed by atoms with Crippen LogP contribution in [0.1, 0.15) is 107 Å². The van der Waals surface area contributed by atoms with Crippen molar-refractivity contribution in [1.82, 2.24) is 0 Å². The number of carbonyl (C=O) groups excluding carboxylic acids is 2. The minimum atomic E-state index is -0.853. The first-order chi connectivity index (χ1) is 16.0. The average molecular weight is 518 g/mol. The molecule has 4 atom stereocenters. The quantitative estimate of drug-likeness (QED) is 0.161. The Hall–Kier alpha value is -0.790. The molecule has 0 aliphatic carbocycles. The molecule has 0 fully saturated rings. The second-order valence-electron chi connectivity index (χ2n) is 12.9.